The Labute approximate surface area is 197 Å². The number of nitrogens with zero attached hydrogens (tertiary/aromatic N) is 2. The number of anilines is 1. The minimum atomic E-state index is -3.90. The molecule has 0 fully saturated rings. The van der Waals surface area contributed by atoms with E-state index in [0.717, 1.165) is 11.1 Å². The molecule has 3 aromatic rings. The van der Waals surface area contributed by atoms with Crippen LogP contribution in [0.4, 0.5) is 5.69 Å². The van der Waals surface area contributed by atoms with Crippen LogP contribution in [0.3, 0.4) is 0 Å². The normalized spacial score (nSPS) is 14.4. The average molecular weight is 490 g/mol. The van der Waals surface area contributed by atoms with Crippen molar-refractivity contribution in [3.63, 3.8) is 0 Å². The molecule has 1 unspecified atom stereocenters. The van der Waals surface area contributed by atoms with E-state index < -0.39 is 10.0 Å². The van der Waals surface area contributed by atoms with Crippen molar-refractivity contribution >= 4 is 44.6 Å². The summed E-state index contributed by atoms with van der Waals surface area (Å²) in [6.45, 7) is 0.742. The number of thiophene rings is 1. The molecule has 1 N–H and O–H groups in total. The van der Waals surface area contributed by atoms with Crippen molar-refractivity contribution in [3.05, 3.63) is 81.0 Å². The largest absolute Gasteiger partial charge is 0.350 e. The number of amides is 1. The smallest absolute Gasteiger partial charge is 0.265 e. The summed E-state index contributed by atoms with van der Waals surface area (Å²) < 4.78 is 28.2. The van der Waals surface area contributed by atoms with Crippen molar-refractivity contribution < 1.29 is 13.2 Å². The predicted molar refractivity (Wildman–Crippen MR) is 129 cm³/mol. The highest BCUT2D eigenvalue weighted by atomic mass is 35.5. The molecule has 1 aliphatic rings. The third-order valence-electron chi connectivity index (χ3n) is 5.61. The molecule has 4 rings (SSSR count). The van der Waals surface area contributed by atoms with Crippen LogP contribution in [0, 0.1) is 0 Å². The first-order chi connectivity index (χ1) is 15.3. The van der Waals surface area contributed by atoms with Gasteiger partial charge in [0.25, 0.3) is 15.9 Å². The second kappa shape index (κ2) is 9.23. The number of carbonyl (C=O) groups is 1. The standard InChI is InChI=1S/C23H24ClN3O3S2/c1-26(2)21(18-10-12-31-15-18)14-25-23(28)17-7-8-19(24)22(13-17)32(29,30)27-11-9-16-5-3-4-6-20(16)27/h3-8,10,12-13,15,21H,9,11,14H2,1-2H3,(H,25,28). The van der Waals surface area contributed by atoms with E-state index in [1.807, 2.05) is 48.6 Å². The third kappa shape index (κ3) is 4.41. The fraction of sp³-hybridized carbons (Fsp3) is 0.261. The zero-order valence-electron chi connectivity index (χ0n) is 17.8. The van der Waals surface area contributed by atoms with Gasteiger partial charge in [-0.3, -0.25) is 9.10 Å². The van der Waals surface area contributed by atoms with Gasteiger partial charge in [0.1, 0.15) is 4.90 Å². The molecule has 0 saturated carbocycles. The second-order valence-electron chi connectivity index (χ2n) is 7.85. The van der Waals surface area contributed by atoms with Crippen molar-refractivity contribution in [1.82, 2.24) is 10.2 Å². The van der Waals surface area contributed by atoms with Gasteiger partial charge >= 0.3 is 0 Å². The lowest BCUT2D eigenvalue weighted by Crippen LogP contribution is -2.34. The monoisotopic (exact) mass is 489 g/mol. The molecule has 9 heteroatoms. The van der Waals surface area contributed by atoms with E-state index in [2.05, 4.69) is 10.7 Å². The van der Waals surface area contributed by atoms with Gasteiger partial charge in [-0.15, -0.1) is 0 Å². The summed E-state index contributed by atoms with van der Waals surface area (Å²) in [7, 11) is 0.00300. The summed E-state index contributed by atoms with van der Waals surface area (Å²) in [4.78, 5) is 14.8. The molecule has 2 aromatic carbocycles. The lowest BCUT2D eigenvalue weighted by Gasteiger charge is -2.24. The van der Waals surface area contributed by atoms with Crippen LogP contribution in [0.2, 0.25) is 5.02 Å². The average Bonchev–Trinajstić information content (AvgIpc) is 3.44. The lowest BCUT2D eigenvalue weighted by atomic mass is 10.1. The molecule has 1 amide bonds. The Hall–Kier alpha value is -2.39. The molecule has 0 radical (unpaired) electrons. The molecule has 0 saturated heterocycles. The van der Waals surface area contributed by atoms with Gasteiger partial charge in [0.2, 0.25) is 0 Å². The van der Waals surface area contributed by atoms with Crippen LogP contribution in [0.25, 0.3) is 0 Å². The van der Waals surface area contributed by atoms with Crippen molar-refractivity contribution in [2.75, 3.05) is 31.5 Å². The van der Waals surface area contributed by atoms with Crippen LogP contribution in [-0.4, -0.2) is 46.4 Å². The molecular weight excluding hydrogens is 466 g/mol. The van der Waals surface area contributed by atoms with Gasteiger partial charge in [-0.1, -0.05) is 29.8 Å². The number of para-hydroxylation sites is 1. The van der Waals surface area contributed by atoms with E-state index >= 15 is 0 Å². The zero-order valence-corrected chi connectivity index (χ0v) is 20.2. The number of carbonyl (C=O) groups excluding carboxylic acids is 1. The van der Waals surface area contributed by atoms with E-state index in [-0.39, 0.29) is 27.4 Å². The summed E-state index contributed by atoms with van der Waals surface area (Å²) in [6.07, 6.45) is 0.641. The van der Waals surface area contributed by atoms with Crippen LogP contribution in [-0.2, 0) is 16.4 Å². The molecule has 0 aliphatic carbocycles. The van der Waals surface area contributed by atoms with Gasteiger partial charge in [0, 0.05) is 18.7 Å². The fourth-order valence-electron chi connectivity index (χ4n) is 3.87. The van der Waals surface area contributed by atoms with Crippen LogP contribution < -0.4 is 9.62 Å². The predicted octanol–water partition coefficient (Wildman–Crippen LogP) is 4.19. The maximum absolute atomic E-state index is 13.4. The highest BCUT2D eigenvalue weighted by molar-refractivity contribution is 7.93. The molecule has 2 heterocycles. The summed E-state index contributed by atoms with van der Waals surface area (Å²) in [5.74, 6) is -0.345. The van der Waals surface area contributed by atoms with Crippen LogP contribution >= 0.6 is 22.9 Å². The van der Waals surface area contributed by atoms with Crippen molar-refractivity contribution in [2.24, 2.45) is 0 Å². The van der Waals surface area contributed by atoms with Crippen molar-refractivity contribution in [3.8, 4) is 0 Å². The van der Waals surface area contributed by atoms with Gasteiger partial charge in [-0.05, 0) is 72.7 Å². The summed E-state index contributed by atoms with van der Waals surface area (Å²) in [5, 5.41) is 7.07. The number of nitrogens with one attached hydrogen (secondary N) is 1. The molecular formula is C23H24ClN3O3S2. The minimum absolute atomic E-state index is 0.0156. The number of likely N-dealkylation sites (N-methyl/N-ethyl adjacent to an activating group) is 1. The molecule has 1 atom stereocenters. The number of fused-ring (bicyclic) bond motifs is 1. The first kappa shape index (κ1) is 22.8. The Morgan fingerprint density at radius 1 is 1.22 bits per heavy atom. The molecule has 0 spiro atoms. The van der Waals surface area contributed by atoms with Gasteiger partial charge in [-0.25, -0.2) is 8.42 Å². The zero-order chi connectivity index (χ0) is 22.9. The Morgan fingerprint density at radius 2 is 2.00 bits per heavy atom. The van der Waals surface area contributed by atoms with Crippen LogP contribution in [0.5, 0.6) is 0 Å². The Bertz CT molecular complexity index is 1230. The number of benzene rings is 2. The maximum Gasteiger partial charge on any atom is 0.265 e. The highest BCUT2D eigenvalue weighted by Gasteiger charge is 2.32. The second-order valence-corrected chi connectivity index (χ2v) is 10.9. The minimum Gasteiger partial charge on any atom is -0.350 e. The van der Waals surface area contributed by atoms with E-state index in [0.29, 0.717) is 25.2 Å². The topological polar surface area (TPSA) is 69.7 Å². The number of rotatable bonds is 7. The Balaban J connectivity index is 1.57. The number of halogens is 1. The molecule has 0 bridgehead atoms. The summed E-state index contributed by atoms with van der Waals surface area (Å²) >= 11 is 7.89. The summed E-state index contributed by atoms with van der Waals surface area (Å²) in [6, 6.07) is 13.8. The SMILES string of the molecule is CN(C)C(CNC(=O)c1ccc(Cl)c(S(=O)(=O)N2CCc3ccccc32)c1)c1ccsc1. The molecule has 6 nitrogen and oxygen atoms in total. The van der Waals surface area contributed by atoms with Gasteiger partial charge < -0.3 is 10.2 Å². The fourth-order valence-corrected chi connectivity index (χ4v) is 6.59. The lowest BCUT2D eigenvalue weighted by molar-refractivity contribution is 0.0941. The van der Waals surface area contributed by atoms with Gasteiger partial charge in [-0.2, -0.15) is 11.3 Å². The van der Waals surface area contributed by atoms with Gasteiger partial charge in [0.05, 0.1) is 16.8 Å². The molecule has 1 aliphatic heterocycles. The van der Waals surface area contributed by atoms with E-state index in [9.17, 15) is 13.2 Å². The van der Waals surface area contributed by atoms with Crippen LogP contribution in [0.1, 0.15) is 27.5 Å². The molecule has 168 valence electrons. The van der Waals surface area contributed by atoms with Crippen molar-refractivity contribution in [1.29, 1.82) is 0 Å². The van der Waals surface area contributed by atoms with E-state index in [1.165, 1.54) is 16.4 Å². The number of sulfonamides is 1. The quantitative estimate of drug-likeness (QED) is 0.540. The molecule has 32 heavy (non-hydrogen) atoms. The third-order valence-corrected chi connectivity index (χ3v) is 8.61. The number of hydrogen-bond acceptors (Lipinski definition) is 5. The summed E-state index contributed by atoms with van der Waals surface area (Å²) in [5.41, 5.74) is 3.00. The van der Waals surface area contributed by atoms with Gasteiger partial charge in [0.15, 0.2) is 0 Å². The Kier molecular flexibility index (Phi) is 6.57. The van der Waals surface area contributed by atoms with Crippen LogP contribution in [0.15, 0.2) is 64.2 Å². The van der Waals surface area contributed by atoms with Crippen molar-refractivity contribution in [2.45, 2.75) is 17.4 Å². The number of hydrogen-bond donors (Lipinski definition) is 1. The maximum atomic E-state index is 13.4. The Morgan fingerprint density at radius 3 is 2.72 bits per heavy atom. The van der Waals surface area contributed by atoms with E-state index in [4.69, 9.17) is 11.6 Å². The first-order valence-electron chi connectivity index (χ1n) is 10.2. The highest BCUT2D eigenvalue weighted by Crippen LogP contribution is 2.35. The van der Waals surface area contributed by atoms with E-state index in [1.54, 1.807) is 23.5 Å². The molecule has 1 aromatic heterocycles. The first-order valence-corrected chi connectivity index (χ1v) is 12.9.